The van der Waals surface area contributed by atoms with E-state index in [2.05, 4.69) is 160 Å². The first-order valence-electron chi connectivity index (χ1n) is 25.3. The molecule has 0 rings (SSSR count). The Kier molecular flexibility index (Phi) is 48.1. The zero-order valence-electron chi connectivity index (χ0n) is 41.6. The lowest BCUT2D eigenvalue weighted by Crippen LogP contribution is -2.29. The summed E-state index contributed by atoms with van der Waals surface area (Å²) in [4.78, 5) is 35.1. The molecule has 10 heteroatoms. The van der Waals surface area contributed by atoms with Gasteiger partial charge in [-0.25, -0.2) is 4.57 Å². The van der Waals surface area contributed by atoms with Gasteiger partial charge in [-0.3, -0.25) is 18.6 Å². The molecule has 0 bridgehead atoms. The standard InChI is InChI=1S/C57H90NO8P/c1-3-5-7-9-11-13-15-17-19-21-23-25-26-27-28-30-32-34-36-38-40-42-44-46-48-50-57(60)66-55(54-65-67(61,62)64-52-51-58)53-63-56(59)49-47-45-43-41-39-37-35-33-31-29-24-22-20-18-16-14-12-10-8-6-4-2/h5-8,11-14,17-20,23-25,27-29,32-35,38,40,55H,3-4,9-10,15-16,21-22,26,30-31,36-37,39,41-54,58H2,1-2H3,(H,61,62)/b7-5-,8-6-,13-11-,14-12-,19-17-,20-18-,25-23-,28-27-,29-24-,34-32-,35-33-,40-38-. The quantitative estimate of drug-likeness (QED) is 0.0265. The van der Waals surface area contributed by atoms with Crippen LogP contribution >= 0.6 is 7.82 Å². The molecule has 0 aromatic carbocycles. The Morgan fingerprint density at radius 1 is 0.448 bits per heavy atom. The number of nitrogens with two attached hydrogens (primary N) is 1. The summed E-state index contributed by atoms with van der Waals surface area (Å²) in [6.07, 6.45) is 73.1. The van der Waals surface area contributed by atoms with E-state index in [0.29, 0.717) is 12.8 Å². The minimum absolute atomic E-state index is 0.0352. The summed E-state index contributed by atoms with van der Waals surface area (Å²) < 4.78 is 32.9. The van der Waals surface area contributed by atoms with Gasteiger partial charge in [-0.1, -0.05) is 185 Å². The molecule has 3 N–H and O–H groups in total. The highest BCUT2D eigenvalue weighted by Gasteiger charge is 2.26. The van der Waals surface area contributed by atoms with Crippen molar-refractivity contribution in [1.29, 1.82) is 0 Å². The van der Waals surface area contributed by atoms with Crippen LogP contribution in [0, 0.1) is 0 Å². The summed E-state index contributed by atoms with van der Waals surface area (Å²) in [6, 6.07) is 0. The third kappa shape index (κ3) is 51.1. The summed E-state index contributed by atoms with van der Waals surface area (Å²) in [7, 11) is -4.41. The molecule has 0 spiro atoms. The molecule has 2 unspecified atom stereocenters. The van der Waals surface area contributed by atoms with Crippen molar-refractivity contribution in [3.05, 3.63) is 146 Å². The Hall–Kier alpha value is -4.11. The van der Waals surface area contributed by atoms with Crippen molar-refractivity contribution in [3.63, 3.8) is 0 Å². The number of carbonyl (C=O) groups excluding carboxylic acids is 2. The fraction of sp³-hybridized carbons (Fsp3) is 0.544. The maximum Gasteiger partial charge on any atom is 0.472 e. The van der Waals surface area contributed by atoms with E-state index in [0.717, 1.165) is 128 Å². The highest BCUT2D eigenvalue weighted by atomic mass is 31.2. The summed E-state index contributed by atoms with van der Waals surface area (Å²) in [5, 5.41) is 0. The number of esters is 2. The average molecular weight is 948 g/mol. The van der Waals surface area contributed by atoms with Crippen LogP contribution in [-0.4, -0.2) is 49.3 Å². The highest BCUT2D eigenvalue weighted by molar-refractivity contribution is 7.47. The van der Waals surface area contributed by atoms with Crippen molar-refractivity contribution in [3.8, 4) is 0 Å². The maximum absolute atomic E-state index is 12.7. The molecule has 9 nitrogen and oxygen atoms in total. The number of rotatable bonds is 45. The average Bonchev–Trinajstić information content (AvgIpc) is 3.32. The van der Waals surface area contributed by atoms with Crippen molar-refractivity contribution in [2.45, 2.75) is 174 Å². The second-order valence-corrected chi connectivity index (χ2v) is 17.4. The van der Waals surface area contributed by atoms with Crippen molar-refractivity contribution < 1.29 is 37.6 Å². The summed E-state index contributed by atoms with van der Waals surface area (Å²) in [5.74, 6) is -0.904. The monoisotopic (exact) mass is 948 g/mol. The number of phosphoric acid groups is 1. The van der Waals surface area contributed by atoms with Crippen LogP contribution in [-0.2, 0) is 32.7 Å². The Bertz CT molecular complexity index is 1600. The van der Waals surface area contributed by atoms with Crippen molar-refractivity contribution in [2.24, 2.45) is 5.73 Å². The van der Waals surface area contributed by atoms with Gasteiger partial charge in [0.2, 0.25) is 0 Å². The number of ether oxygens (including phenoxy) is 2. The van der Waals surface area contributed by atoms with E-state index in [1.807, 2.05) is 0 Å². The van der Waals surface area contributed by atoms with Gasteiger partial charge in [-0.15, -0.1) is 0 Å². The van der Waals surface area contributed by atoms with Crippen LogP contribution in [0.5, 0.6) is 0 Å². The molecule has 0 amide bonds. The van der Waals surface area contributed by atoms with Gasteiger partial charge in [0.05, 0.1) is 13.2 Å². The molecule has 0 aliphatic carbocycles. The predicted molar refractivity (Wildman–Crippen MR) is 283 cm³/mol. The van der Waals surface area contributed by atoms with Gasteiger partial charge in [0, 0.05) is 19.4 Å². The van der Waals surface area contributed by atoms with E-state index < -0.39 is 32.5 Å². The van der Waals surface area contributed by atoms with E-state index in [1.165, 1.54) is 0 Å². The fourth-order valence-corrected chi connectivity index (χ4v) is 6.82. The zero-order chi connectivity index (χ0) is 48.8. The molecule has 0 aromatic rings. The fourth-order valence-electron chi connectivity index (χ4n) is 6.05. The van der Waals surface area contributed by atoms with E-state index >= 15 is 0 Å². The molecule has 0 saturated carbocycles. The first-order valence-corrected chi connectivity index (χ1v) is 26.8. The smallest absolute Gasteiger partial charge is 0.462 e. The molecule has 0 aromatic heterocycles. The van der Waals surface area contributed by atoms with E-state index in [9.17, 15) is 19.0 Å². The lowest BCUT2D eigenvalue weighted by molar-refractivity contribution is -0.161. The number of hydrogen-bond donors (Lipinski definition) is 2. The lowest BCUT2D eigenvalue weighted by Gasteiger charge is -2.19. The molecule has 0 heterocycles. The number of allylic oxidation sites excluding steroid dienone is 24. The number of phosphoric ester groups is 1. The van der Waals surface area contributed by atoms with Crippen LogP contribution in [0.3, 0.4) is 0 Å². The van der Waals surface area contributed by atoms with Gasteiger partial charge in [0.15, 0.2) is 6.10 Å². The van der Waals surface area contributed by atoms with Gasteiger partial charge in [-0.05, 0) is 116 Å². The molecule has 0 aliphatic rings. The number of unbranched alkanes of at least 4 members (excludes halogenated alkanes) is 8. The van der Waals surface area contributed by atoms with Crippen LogP contribution in [0.1, 0.15) is 168 Å². The third-order valence-corrected chi connectivity index (χ3v) is 10.7. The first kappa shape index (κ1) is 62.9. The Balaban J connectivity index is 4.23. The molecule has 0 fully saturated rings. The van der Waals surface area contributed by atoms with Gasteiger partial charge < -0.3 is 20.1 Å². The molecule has 0 radical (unpaired) electrons. The second-order valence-electron chi connectivity index (χ2n) is 15.9. The molecular formula is C57H90NO8P. The van der Waals surface area contributed by atoms with Crippen LogP contribution in [0.4, 0.5) is 0 Å². The third-order valence-electron chi connectivity index (χ3n) is 9.72. The van der Waals surface area contributed by atoms with Crippen LogP contribution in [0.15, 0.2) is 146 Å². The predicted octanol–water partition coefficient (Wildman–Crippen LogP) is 15.6. The SMILES string of the molecule is CC/C=C\C/C=C\C/C=C\C/C=C\C/C=C\C/C=C\C/C=C\CCCCCC(=O)OC(COC(=O)CCCCCCC/C=C\C/C=C\C/C=C\C/C=C\C/C=C\CC)COP(=O)(O)OCCN. The minimum Gasteiger partial charge on any atom is -0.462 e. The largest absolute Gasteiger partial charge is 0.472 e. The molecule has 67 heavy (non-hydrogen) atoms. The van der Waals surface area contributed by atoms with Crippen LogP contribution < -0.4 is 5.73 Å². The highest BCUT2D eigenvalue weighted by Crippen LogP contribution is 2.43. The van der Waals surface area contributed by atoms with Crippen molar-refractivity contribution in [1.82, 2.24) is 0 Å². The van der Waals surface area contributed by atoms with Gasteiger partial charge >= 0.3 is 19.8 Å². The normalized spacial score (nSPS) is 14.4. The zero-order valence-corrected chi connectivity index (χ0v) is 42.5. The van der Waals surface area contributed by atoms with Gasteiger partial charge in [0.1, 0.15) is 6.61 Å². The van der Waals surface area contributed by atoms with Gasteiger partial charge in [0.25, 0.3) is 0 Å². The number of carbonyl (C=O) groups is 2. The molecule has 0 saturated heterocycles. The molecule has 2 atom stereocenters. The lowest BCUT2D eigenvalue weighted by atomic mass is 10.1. The molecule has 0 aliphatic heterocycles. The maximum atomic E-state index is 12.7. The Morgan fingerprint density at radius 2 is 0.776 bits per heavy atom. The Morgan fingerprint density at radius 3 is 1.16 bits per heavy atom. The summed E-state index contributed by atoms with van der Waals surface area (Å²) >= 11 is 0. The molecular weight excluding hydrogens is 858 g/mol. The summed E-state index contributed by atoms with van der Waals surface area (Å²) in [5.41, 5.74) is 5.36. The summed E-state index contributed by atoms with van der Waals surface area (Å²) in [6.45, 7) is 3.41. The van der Waals surface area contributed by atoms with E-state index in [4.69, 9.17) is 24.3 Å². The Labute approximate surface area is 407 Å². The first-order chi connectivity index (χ1) is 32.8. The number of hydrogen-bond acceptors (Lipinski definition) is 8. The van der Waals surface area contributed by atoms with Crippen LogP contribution in [0.2, 0.25) is 0 Å². The van der Waals surface area contributed by atoms with Gasteiger partial charge in [-0.2, -0.15) is 0 Å². The van der Waals surface area contributed by atoms with E-state index in [-0.39, 0.29) is 32.6 Å². The minimum atomic E-state index is -4.41. The molecule has 376 valence electrons. The van der Waals surface area contributed by atoms with Crippen LogP contribution in [0.25, 0.3) is 0 Å². The van der Waals surface area contributed by atoms with Crippen molar-refractivity contribution in [2.75, 3.05) is 26.4 Å². The van der Waals surface area contributed by atoms with Crippen molar-refractivity contribution >= 4 is 19.8 Å². The topological polar surface area (TPSA) is 134 Å². The van der Waals surface area contributed by atoms with E-state index in [1.54, 1.807) is 0 Å². The second kappa shape index (κ2) is 51.3.